The van der Waals surface area contributed by atoms with Crippen LogP contribution >= 0.6 is 0 Å². The zero-order valence-electron chi connectivity index (χ0n) is 14.6. The Morgan fingerprint density at radius 3 is 2.46 bits per heavy atom. The van der Waals surface area contributed by atoms with Gasteiger partial charge in [-0.1, -0.05) is 12.1 Å². The molecule has 0 saturated heterocycles. The van der Waals surface area contributed by atoms with Crippen molar-refractivity contribution >= 4 is 17.8 Å². The second-order valence-electron chi connectivity index (χ2n) is 5.66. The van der Waals surface area contributed by atoms with Gasteiger partial charge in [0.1, 0.15) is 5.82 Å². The van der Waals surface area contributed by atoms with Gasteiger partial charge in [0.25, 0.3) is 5.91 Å². The lowest BCUT2D eigenvalue weighted by Gasteiger charge is -2.18. The van der Waals surface area contributed by atoms with Gasteiger partial charge in [0.15, 0.2) is 6.10 Å². The van der Waals surface area contributed by atoms with Crippen molar-refractivity contribution in [1.29, 1.82) is 0 Å². The van der Waals surface area contributed by atoms with E-state index in [1.54, 1.807) is 37.5 Å². The molecule has 2 aromatic rings. The summed E-state index contributed by atoms with van der Waals surface area (Å²) in [6.45, 7) is 3.56. The Morgan fingerprint density at radius 1 is 1.15 bits per heavy atom. The molecule has 0 aliphatic heterocycles. The van der Waals surface area contributed by atoms with Gasteiger partial charge in [0.2, 0.25) is 5.95 Å². The topological polar surface area (TPSA) is 93.2 Å². The van der Waals surface area contributed by atoms with Crippen molar-refractivity contribution in [2.45, 2.75) is 32.4 Å². The summed E-state index contributed by atoms with van der Waals surface area (Å²) in [6, 6.07) is 7.19. The van der Waals surface area contributed by atoms with E-state index in [1.165, 1.54) is 19.1 Å². The van der Waals surface area contributed by atoms with Crippen LogP contribution in [-0.4, -0.2) is 34.5 Å². The third-order valence-corrected chi connectivity index (χ3v) is 3.58. The monoisotopic (exact) mass is 360 g/mol. The number of nitrogens with one attached hydrogen (secondary N) is 2. The average Bonchev–Trinajstić information content (AvgIpc) is 2.63. The predicted octanol–water partition coefficient (Wildman–Crippen LogP) is 2.23. The first kappa shape index (κ1) is 19.3. The van der Waals surface area contributed by atoms with E-state index in [9.17, 15) is 14.0 Å². The van der Waals surface area contributed by atoms with Crippen LogP contribution in [0.15, 0.2) is 42.7 Å². The second kappa shape index (κ2) is 9.45. The number of hydrogen-bond acceptors (Lipinski definition) is 6. The van der Waals surface area contributed by atoms with Gasteiger partial charge in [-0.15, -0.1) is 0 Å². The number of nitrogens with zero attached hydrogens (tertiary/aromatic N) is 2. The SMILES string of the molecule is CC(OC(=O)CCNc1ncccn1)C(=O)NC(C)c1ccc(F)cc1. The van der Waals surface area contributed by atoms with E-state index in [0.717, 1.165) is 5.56 Å². The van der Waals surface area contributed by atoms with Gasteiger partial charge in [-0.2, -0.15) is 0 Å². The molecule has 2 rings (SSSR count). The van der Waals surface area contributed by atoms with Crippen molar-refractivity contribution in [3.05, 3.63) is 54.1 Å². The fourth-order valence-corrected chi connectivity index (χ4v) is 2.14. The number of aromatic nitrogens is 2. The van der Waals surface area contributed by atoms with Crippen molar-refractivity contribution in [2.24, 2.45) is 0 Å². The summed E-state index contributed by atoms with van der Waals surface area (Å²) in [7, 11) is 0. The first-order valence-corrected chi connectivity index (χ1v) is 8.22. The summed E-state index contributed by atoms with van der Waals surface area (Å²) in [5.74, 6) is -0.858. The van der Waals surface area contributed by atoms with E-state index in [0.29, 0.717) is 12.5 Å². The standard InChI is InChI=1S/C18H21FN4O3/c1-12(14-4-6-15(19)7-5-14)23-17(25)13(2)26-16(24)8-11-22-18-20-9-3-10-21-18/h3-7,9-10,12-13H,8,11H2,1-2H3,(H,23,25)(H,20,21,22). The van der Waals surface area contributed by atoms with Crippen molar-refractivity contribution < 1.29 is 18.7 Å². The number of anilines is 1. The number of carbonyl (C=O) groups excluding carboxylic acids is 2. The Balaban J connectivity index is 1.73. The average molecular weight is 360 g/mol. The highest BCUT2D eigenvalue weighted by Gasteiger charge is 2.19. The molecule has 0 aliphatic carbocycles. The largest absolute Gasteiger partial charge is 0.452 e. The molecule has 0 fully saturated rings. The van der Waals surface area contributed by atoms with E-state index in [-0.39, 0.29) is 18.3 Å². The molecule has 0 radical (unpaired) electrons. The van der Waals surface area contributed by atoms with E-state index < -0.39 is 18.0 Å². The highest BCUT2D eigenvalue weighted by molar-refractivity contribution is 5.83. The van der Waals surface area contributed by atoms with Crippen molar-refractivity contribution in [3.63, 3.8) is 0 Å². The summed E-state index contributed by atoms with van der Waals surface area (Å²) in [6.07, 6.45) is 2.31. The lowest BCUT2D eigenvalue weighted by atomic mass is 10.1. The molecule has 1 aromatic carbocycles. The predicted molar refractivity (Wildman–Crippen MR) is 93.7 cm³/mol. The molecule has 7 nitrogen and oxygen atoms in total. The Labute approximate surface area is 151 Å². The molecular weight excluding hydrogens is 339 g/mol. The van der Waals surface area contributed by atoms with Crippen LogP contribution in [0, 0.1) is 5.82 Å². The fraction of sp³-hybridized carbons (Fsp3) is 0.333. The van der Waals surface area contributed by atoms with Gasteiger partial charge >= 0.3 is 5.97 Å². The maximum atomic E-state index is 12.9. The maximum absolute atomic E-state index is 12.9. The Bertz CT molecular complexity index is 725. The highest BCUT2D eigenvalue weighted by atomic mass is 19.1. The molecule has 0 bridgehead atoms. The summed E-state index contributed by atoms with van der Waals surface area (Å²) < 4.78 is 18.1. The van der Waals surface area contributed by atoms with Gasteiger partial charge in [-0.25, -0.2) is 14.4 Å². The van der Waals surface area contributed by atoms with Crippen molar-refractivity contribution in [3.8, 4) is 0 Å². The Hall–Kier alpha value is -3.03. The van der Waals surface area contributed by atoms with Gasteiger partial charge < -0.3 is 15.4 Å². The molecule has 26 heavy (non-hydrogen) atoms. The Morgan fingerprint density at radius 2 is 1.81 bits per heavy atom. The molecule has 1 aromatic heterocycles. The van der Waals surface area contributed by atoms with Crippen LogP contribution in [0.1, 0.15) is 31.9 Å². The molecule has 0 aliphatic rings. The smallest absolute Gasteiger partial charge is 0.308 e. The summed E-state index contributed by atoms with van der Waals surface area (Å²) in [5.41, 5.74) is 0.755. The summed E-state index contributed by atoms with van der Waals surface area (Å²) in [4.78, 5) is 31.9. The first-order chi connectivity index (χ1) is 12.5. The van der Waals surface area contributed by atoms with Crippen LogP contribution in [0.3, 0.4) is 0 Å². The van der Waals surface area contributed by atoms with Crippen LogP contribution in [0.2, 0.25) is 0 Å². The summed E-state index contributed by atoms with van der Waals surface area (Å²) >= 11 is 0. The van der Waals surface area contributed by atoms with Crippen LogP contribution in [-0.2, 0) is 14.3 Å². The number of amides is 1. The molecule has 138 valence electrons. The fourth-order valence-electron chi connectivity index (χ4n) is 2.14. The molecule has 8 heteroatoms. The molecule has 2 atom stereocenters. The van der Waals surface area contributed by atoms with Gasteiger partial charge in [0.05, 0.1) is 12.5 Å². The lowest BCUT2D eigenvalue weighted by Crippen LogP contribution is -2.37. The number of carbonyl (C=O) groups is 2. The molecule has 2 N–H and O–H groups in total. The van der Waals surface area contributed by atoms with Crippen molar-refractivity contribution in [1.82, 2.24) is 15.3 Å². The quantitative estimate of drug-likeness (QED) is 0.701. The van der Waals surface area contributed by atoms with Gasteiger partial charge in [-0.05, 0) is 37.6 Å². The minimum atomic E-state index is -0.932. The third kappa shape index (κ3) is 6.12. The number of benzene rings is 1. The van der Waals surface area contributed by atoms with Gasteiger partial charge in [0, 0.05) is 18.9 Å². The molecule has 2 unspecified atom stereocenters. The minimum absolute atomic E-state index is 0.0728. The Kier molecular flexibility index (Phi) is 7.02. The van der Waals surface area contributed by atoms with Crippen LogP contribution in [0.5, 0.6) is 0 Å². The minimum Gasteiger partial charge on any atom is -0.452 e. The highest BCUT2D eigenvalue weighted by Crippen LogP contribution is 2.13. The molecule has 0 saturated carbocycles. The van der Waals surface area contributed by atoms with Gasteiger partial charge in [-0.3, -0.25) is 9.59 Å². The normalized spacial score (nSPS) is 12.7. The van der Waals surface area contributed by atoms with E-state index in [4.69, 9.17) is 4.74 Å². The van der Waals surface area contributed by atoms with Crippen LogP contribution in [0.25, 0.3) is 0 Å². The third-order valence-electron chi connectivity index (χ3n) is 3.58. The second-order valence-corrected chi connectivity index (χ2v) is 5.66. The molecule has 1 heterocycles. The molecular formula is C18H21FN4O3. The van der Waals surface area contributed by atoms with Crippen LogP contribution < -0.4 is 10.6 Å². The number of hydrogen-bond donors (Lipinski definition) is 2. The number of esters is 1. The molecule has 0 spiro atoms. The van der Waals surface area contributed by atoms with Crippen LogP contribution in [0.4, 0.5) is 10.3 Å². The number of ether oxygens (including phenoxy) is 1. The maximum Gasteiger partial charge on any atom is 0.308 e. The van der Waals surface area contributed by atoms with E-state index >= 15 is 0 Å². The zero-order valence-corrected chi connectivity index (χ0v) is 14.6. The summed E-state index contributed by atoms with van der Waals surface area (Å²) in [5, 5.41) is 5.61. The first-order valence-electron chi connectivity index (χ1n) is 8.22. The number of rotatable bonds is 8. The lowest BCUT2D eigenvalue weighted by molar-refractivity contribution is -0.154. The number of halogens is 1. The van der Waals surface area contributed by atoms with E-state index in [2.05, 4.69) is 20.6 Å². The van der Waals surface area contributed by atoms with Crippen molar-refractivity contribution in [2.75, 3.05) is 11.9 Å². The molecule has 1 amide bonds. The van der Waals surface area contributed by atoms with E-state index in [1.807, 2.05) is 0 Å². The zero-order chi connectivity index (χ0) is 18.9.